The summed E-state index contributed by atoms with van der Waals surface area (Å²) in [5, 5.41) is 13.8. The first-order chi connectivity index (χ1) is 9.52. The van der Waals surface area contributed by atoms with Gasteiger partial charge in [0.25, 0.3) is 0 Å². The van der Waals surface area contributed by atoms with Crippen LogP contribution in [0.15, 0.2) is 18.2 Å². The number of aliphatic hydroxyl groups excluding tert-OH is 1. The van der Waals surface area contributed by atoms with E-state index in [2.05, 4.69) is 5.32 Å². The van der Waals surface area contributed by atoms with Crippen molar-refractivity contribution in [3.63, 3.8) is 0 Å². The molecule has 0 amide bonds. The second-order valence-electron chi connectivity index (χ2n) is 4.18. The lowest BCUT2D eigenvalue weighted by molar-refractivity contribution is 0.107. The van der Waals surface area contributed by atoms with Crippen molar-refractivity contribution in [2.75, 3.05) is 31.2 Å². The number of nitrogens with one attached hydrogen (secondary N) is 1. The van der Waals surface area contributed by atoms with E-state index in [1.54, 1.807) is 18.2 Å². The molecule has 4 nitrogen and oxygen atoms in total. The van der Waals surface area contributed by atoms with Crippen molar-refractivity contribution in [2.45, 2.75) is 13.0 Å². The summed E-state index contributed by atoms with van der Waals surface area (Å²) in [6, 6.07) is 4.92. The molecule has 2 N–H and O–H groups in total. The van der Waals surface area contributed by atoms with E-state index in [1.807, 2.05) is 6.92 Å². The third-order valence-corrected chi connectivity index (χ3v) is 4.38. The molecule has 0 aliphatic rings. The molecule has 0 aliphatic carbocycles. The van der Waals surface area contributed by atoms with E-state index in [0.29, 0.717) is 40.4 Å². The van der Waals surface area contributed by atoms with Crippen LogP contribution >= 0.6 is 23.2 Å². The van der Waals surface area contributed by atoms with E-state index in [0.717, 1.165) is 0 Å². The van der Waals surface area contributed by atoms with Gasteiger partial charge < -0.3 is 15.2 Å². The lowest BCUT2D eigenvalue weighted by Gasteiger charge is -2.14. The second-order valence-corrected chi connectivity index (χ2v) is 6.89. The lowest BCUT2D eigenvalue weighted by atomic mass is 10.3. The molecular weight excluding hydrogens is 321 g/mol. The molecule has 0 aromatic heterocycles. The van der Waals surface area contributed by atoms with Crippen molar-refractivity contribution in [3.8, 4) is 5.75 Å². The summed E-state index contributed by atoms with van der Waals surface area (Å²) in [7, 11) is -0.788. The number of rotatable bonds is 9. The Bertz CT molecular complexity index is 446. The minimum absolute atomic E-state index is 0.115. The van der Waals surface area contributed by atoms with Gasteiger partial charge in [0.2, 0.25) is 0 Å². The molecule has 1 aromatic rings. The van der Waals surface area contributed by atoms with Crippen LogP contribution in [-0.4, -0.2) is 46.6 Å². The molecule has 0 saturated heterocycles. The van der Waals surface area contributed by atoms with Crippen LogP contribution in [-0.2, 0) is 10.8 Å². The van der Waals surface area contributed by atoms with E-state index < -0.39 is 16.9 Å². The van der Waals surface area contributed by atoms with Crippen molar-refractivity contribution < 1.29 is 14.1 Å². The molecule has 7 heteroatoms. The molecule has 0 aliphatic heterocycles. The Hall–Kier alpha value is -0.330. The number of halogens is 2. The maximum absolute atomic E-state index is 11.2. The first-order valence-electron chi connectivity index (χ1n) is 6.34. The predicted molar refractivity (Wildman–Crippen MR) is 84.4 cm³/mol. The Balaban J connectivity index is 2.24. The van der Waals surface area contributed by atoms with Gasteiger partial charge >= 0.3 is 0 Å². The maximum Gasteiger partial charge on any atom is 0.139 e. The van der Waals surface area contributed by atoms with Crippen LogP contribution in [0.4, 0.5) is 0 Å². The van der Waals surface area contributed by atoms with Crippen LogP contribution in [0.1, 0.15) is 6.92 Å². The van der Waals surface area contributed by atoms with Gasteiger partial charge in [-0.05, 0) is 12.1 Å². The average Bonchev–Trinajstić information content (AvgIpc) is 2.44. The summed E-state index contributed by atoms with van der Waals surface area (Å²) >= 11 is 11.8. The van der Waals surface area contributed by atoms with Gasteiger partial charge in [-0.3, -0.25) is 4.21 Å². The third-order valence-electron chi connectivity index (χ3n) is 2.53. The smallest absolute Gasteiger partial charge is 0.139 e. The van der Waals surface area contributed by atoms with Crippen LogP contribution in [0.5, 0.6) is 5.75 Å². The predicted octanol–water partition coefficient (Wildman–Crippen LogP) is 2.09. The largest absolute Gasteiger partial charge is 0.489 e. The fraction of sp³-hybridized carbons (Fsp3) is 0.538. The SMILES string of the molecule is CCS(=O)CCNCC(O)COc1cc(Cl)ccc1Cl. The first kappa shape index (κ1) is 17.7. The summed E-state index contributed by atoms with van der Waals surface area (Å²) in [5.74, 6) is 1.69. The molecule has 2 unspecified atom stereocenters. The second kappa shape index (κ2) is 9.58. The van der Waals surface area contributed by atoms with E-state index in [1.165, 1.54) is 0 Å². The zero-order valence-electron chi connectivity index (χ0n) is 11.3. The Morgan fingerprint density at radius 2 is 2.20 bits per heavy atom. The van der Waals surface area contributed by atoms with Crippen molar-refractivity contribution in [3.05, 3.63) is 28.2 Å². The van der Waals surface area contributed by atoms with Crippen molar-refractivity contribution in [2.24, 2.45) is 0 Å². The van der Waals surface area contributed by atoms with E-state index in [-0.39, 0.29) is 6.61 Å². The van der Waals surface area contributed by atoms with Gasteiger partial charge in [-0.15, -0.1) is 0 Å². The van der Waals surface area contributed by atoms with E-state index in [4.69, 9.17) is 27.9 Å². The fourth-order valence-electron chi connectivity index (χ4n) is 1.43. The summed E-state index contributed by atoms with van der Waals surface area (Å²) in [6.07, 6.45) is -0.667. The number of aliphatic hydroxyl groups is 1. The molecule has 20 heavy (non-hydrogen) atoms. The lowest BCUT2D eigenvalue weighted by Crippen LogP contribution is -2.33. The zero-order valence-corrected chi connectivity index (χ0v) is 13.6. The Morgan fingerprint density at radius 3 is 2.90 bits per heavy atom. The van der Waals surface area contributed by atoms with E-state index >= 15 is 0 Å². The molecule has 0 radical (unpaired) electrons. The maximum atomic E-state index is 11.2. The van der Waals surface area contributed by atoms with E-state index in [9.17, 15) is 9.32 Å². The Morgan fingerprint density at radius 1 is 1.45 bits per heavy atom. The number of ether oxygens (including phenoxy) is 1. The molecule has 1 rings (SSSR count). The zero-order chi connectivity index (χ0) is 15.0. The standard InChI is InChI=1S/C13H19Cl2NO3S/c1-2-20(18)6-5-16-8-11(17)9-19-13-7-10(14)3-4-12(13)15/h3-4,7,11,16-17H,2,5-6,8-9H2,1H3. The van der Waals surface area contributed by atoms with Crippen LogP contribution < -0.4 is 10.1 Å². The molecule has 114 valence electrons. The molecular formula is C13H19Cl2NO3S. The minimum Gasteiger partial charge on any atom is -0.489 e. The topological polar surface area (TPSA) is 58.6 Å². The summed E-state index contributed by atoms with van der Waals surface area (Å²) in [4.78, 5) is 0. The first-order valence-corrected chi connectivity index (χ1v) is 8.59. The summed E-state index contributed by atoms with van der Waals surface area (Å²) in [6.45, 7) is 2.98. The van der Waals surface area contributed by atoms with Gasteiger partial charge in [-0.25, -0.2) is 0 Å². The highest BCUT2D eigenvalue weighted by Gasteiger charge is 2.08. The van der Waals surface area contributed by atoms with Crippen molar-refractivity contribution in [1.29, 1.82) is 0 Å². The molecule has 0 spiro atoms. The van der Waals surface area contributed by atoms with Gasteiger partial charge in [-0.2, -0.15) is 0 Å². The molecule has 0 heterocycles. The average molecular weight is 340 g/mol. The number of benzene rings is 1. The minimum atomic E-state index is -0.788. The Labute approximate surface area is 131 Å². The molecule has 2 atom stereocenters. The van der Waals surface area contributed by atoms with Crippen LogP contribution in [0, 0.1) is 0 Å². The number of hydrogen-bond donors (Lipinski definition) is 2. The number of hydrogen-bond acceptors (Lipinski definition) is 4. The molecule has 0 bridgehead atoms. The van der Waals surface area contributed by atoms with Gasteiger partial charge in [0, 0.05) is 46.5 Å². The molecule has 1 aromatic carbocycles. The van der Waals surface area contributed by atoms with Gasteiger partial charge in [0.15, 0.2) is 0 Å². The summed E-state index contributed by atoms with van der Waals surface area (Å²) < 4.78 is 16.6. The van der Waals surface area contributed by atoms with Crippen LogP contribution in [0.3, 0.4) is 0 Å². The Kier molecular flexibility index (Phi) is 8.49. The monoisotopic (exact) mass is 339 g/mol. The van der Waals surface area contributed by atoms with Gasteiger partial charge in [0.1, 0.15) is 18.5 Å². The molecule has 0 fully saturated rings. The highest BCUT2D eigenvalue weighted by molar-refractivity contribution is 7.84. The highest BCUT2D eigenvalue weighted by atomic mass is 35.5. The van der Waals surface area contributed by atoms with Crippen molar-refractivity contribution >= 4 is 34.0 Å². The summed E-state index contributed by atoms with van der Waals surface area (Å²) in [5.41, 5.74) is 0. The van der Waals surface area contributed by atoms with Crippen molar-refractivity contribution in [1.82, 2.24) is 5.32 Å². The third kappa shape index (κ3) is 6.90. The normalized spacial score (nSPS) is 14.0. The van der Waals surface area contributed by atoms with Crippen LogP contribution in [0.25, 0.3) is 0 Å². The quantitative estimate of drug-likeness (QED) is 0.676. The van der Waals surface area contributed by atoms with Gasteiger partial charge in [-0.1, -0.05) is 30.1 Å². The van der Waals surface area contributed by atoms with Crippen LogP contribution in [0.2, 0.25) is 10.0 Å². The highest BCUT2D eigenvalue weighted by Crippen LogP contribution is 2.27. The fourth-order valence-corrected chi connectivity index (χ4v) is 2.43. The van der Waals surface area contributed by atoms with Gasteiger partial charge in [0.05, 0.1) is 5.02 Å². The molecule has 0 saturated carbocycles.